The van der Waals surface area contributed by atoms with Crippen molar-refractivity contribution in [1.82, 2.24) is 9.78 Å². The van der Waals surface area contributed by atoms with Crippen LogP contribution in [-0.2, 0) is 16.9 Å². The summed E-state index contributed by atoms with van der Waals surface area (Å²) in [7, 11) is -1.15. The highest BCUT2D eigenvalue weighted by atomic mass is 32.2. The molecule has 1 aromatic heterocycles. The van der Waals surface area contributed by atoms with Crippen LogP contribution in [0.25, 0.3) is 0 Å². The average Bonchev–Trinajstić information content (AvgIpc) is 2.73. The van der Waals surface area contributed by atoms with Gasteiger partial charge in [-0.15, -0.1) is 0 Å². The molecule has 5 nitrogen and oxygen atoms in total. The van der Waals surface area contributed by atoms with E-state index in [2.05, 4.69) is 5.10 Å². The number of hydrogen-bond donors (Lipinski definition) is 0. The van der Waals surface area contributed by atoms with Crippen LogP contribution >= 0.6 is 0 Å². The Kier molecular flexibility index (Phi) is 2.84. The first-order valence-electron chi connectivity index (χ1n) is 5.19. The van der Waals surface area contributed by atoms with Gasteiger partial charge in [-0.3, -0.25) is 9.48 Å². The summed E-state index contributed by atoms with van der Waals surface area (Å²) in [4.78, 5) is 11.8. The molecule has 1 saturated heterocycles. The molecule has 1 aromatic rings. The van der Waals surface area contributed by atoms with Gasteiger partial charge in [-0.2, -0.15) is 5.10 Å². The Morgan fingerprint density at radius 3 is 2.88 bits per heavy atom. The number of rotatable bonds is 3. The van der Waals surface area contributed by atoms with Crippen LogP contribution in [0.3, 0.4) is 0 Å². The first-order valence-corrected chi connectivity index (χ1v) is 7.02. The zero-order valence-corrected chi connectivity index (χ0v) is 9.90. The van der Waals surface area contributed by atoms with Crippen LogP contribution in [0.2, 0.25) is 0 Å². The van der Waals surface area contributed by atoms with Crippen molar-refractivity contribution < 1.29 is 13.2 Å². The zero-order valence-electron chi connectivity index (χ0n) is 9.09. The van der Waals surface area contributed by atoms with E-state index in [0.29, 0.717) is 12.1 Å². The molecule has 0 saturated carbocycles. The van der Waals surface area contributed by atoms with E-state index in [0.717, 1.165) is 0 Å². The van der Waals surface area contributed by atoms with Gasteiger partial charge in [0.25, 0.3) is 0 Å². The molecule has 0 bridgehead atoms. The summed E-state index contributed by atoms with van der Waals surface area (Å²) in [5.41, 5.74) is 0.423. The van der Waals surface area contributed by atoms with Crippen molar-refractivity contribution in [3.63, 3.8) is 0 Å². The number of aryl methyl sites for hydroxylation is 1. The van der Waals surface area contributed by atoms with Gasteiger partial charge in [0.2, 0.25) is 0 Å². The highest BCUT2D eigenvalue weighted by molar-refractivity contribution is 7.91. The molecule has 2 heterocycles. The quantitative estimate of drug-likeness (QED) is 0.721. The van der Waals surface area contributed by atoms with Crippen molar-refractivity contribution in [1.29, 1.82) is 0 Å². The fourth-order valence-electron chi connectivity index (χ4n) is 1.96. The smallest absolute Gasteiger partial charge is 0.183 e. The lowest BCUT2D eigenvalue weighted by Gasteiger charge is -2.03. The lowest BCUT2D eigenvalue weighted by atomic mass is 10.0. The largest absolute Gasteiger partial charge is 0.292 e. The van der Waals surface area contributed by atoms with E-state index >= 15 is 0 Å². The van der Waals surface area contributed by atoms with Crippen LogP contribution in [0.1, 0.15) is 23.3 Å². The maximum absolute atomic E-state index is 11.8. The molecule has 1 aliphatic heterocycles. The minimum atomic E-state index is -2.90. The molecule has 0 N–H and O–H groups in total. The van der Waals surface area contributed by atoms with Crippen LogP contribution < -0.4 is 0 Å². The number of carbonyl (C=O) groups is 1. The molecule has 1 atom stereocenters. The molecule has 0 aromatic carbocycles. The zero-order chi connectivity index (χ0) is 11.8. The summed E-state index contributed by atoms with van der Waals surface area (Å²) in [5.74, 6) is 0.265. The summed E-state index contributed by atoms with van der Waals surface area (Å²) in [6.45, 7) is 0. The fourth-order valence-corrected chi connectivity index (χ4v) is 3.83. The second kappa shape index (κ2) is 4.01. The van der Waals surface area contributed by atoms with E-state index in [1.165, 1.54) is 0 Å². The van der Waals surface area contributed by atoms with Gasteiger partial charge >= 0.3 is 0 Å². The van der Waals surface area contributed by atoms with E-state index in [1.807, 2.05) is 0 Å². The minimum Gasteiger partial charge on any atom is -0.292 e. The number of aromatic nitrogens is 2. The standard InChI is InChI=1S/C10H14N2O3S/c1-12-4-2-9(11-12)10(13)6-8-3-5-16(14,15)7-8/h2,4,8H,3,5-7H2,1H3. The number of ketones is 1. The summed E-state index contributed by atoms with van der Waals surface area (Å²) >= 11 is 0. The number of carbonyl (C=O) groups excluding carboxylic acids is 1. The highest BCUT2D eigenvalue weighted by Gasteiger charge is 2.29. The third-order valence-corrected chi connectivity index (χ3v) is 4.64. The SMILES string of the molecule is Cn1ccc(C(=O)CC2CCS(=O)(=O)C2)n1. The van der Waals surface area contributed by atoms with E-state index in [4.69, 9.17) is 0 Å². The molecule has 2 rings (SSSR count). The van der Waals surface area contributed by atoms with Gasteiger partial charge in [-0.05, 0) is 18.4 Å². The molecule has 0 radical (unpaired) electrons. The Labute approximate surface area is 94.4 Å². The van der Waals surface area contributed by atoms with Gasteiger partial charge in [-0.25, -0.2) is 8.42 Å². The van der Waals surface area contributed by atoms with Crippen LogP contribution in [0.4, 0.5) is 0 Å². The van der Waals surface area contributed by atoms with Crippen molar-refractivity contribution in [3.05, 3.63) is 18.0 Å². The maximum Gasteiger partial charge on any atom is 0.183 e. The van der Waals surface area contributed by atoms with Gasteiger partial charge in [0.1, 0.15) is 5.69 Å². The number of sulfone groups is 1. The minimum absolute atomic E-state index is 0.0282. The van der Waals surface area contributed by atoms with Crippen molar-refractivity contribution >= 4 is 15.6 Å². The predicted molar refractivity (Wildman–Crippen MR) is 58.9 cm³/mol. The summed E-state index contributed by atoms with van der Waals surface area (Å²) in [6.07, 6.45) is 2.59. The molecular formula is C10H14N2O3S. The second-order valence-electron chi connectivity index (χ2n) is 4.27. The van der Waals surface area contributed by atoms with E-state index in [-0.39, 0.29) is 29.6 Å². The number of nitrogens with zero attached hydrogens (tertiary/aromatic N) is 2. The van der Waals surface area contributed by atoms with Crippen molar-refractivity contribution in [2.75, 3.05) is 11.5 Å². The highest BCUT2D eigenvalue weighted by Crippen LogP contribution is 2.22. The topological polar surface area (TPSA) is 69.0 Å². The Hall–Kier alpha value is -1.17. The normalized spacial score (nSPS) is 23.4. The molecule has 0 aliphatic carbocycles. The monoisotopic (exact) mass is 242 g/mol. The van der Waals surface area contributed by atoms with Crippen molar-refractivity contribution in [2.24, 2.45) is 13.0 Å². The third-order valence-electron chi connectivity index (χ3n) is 2.80. The first-order chi connectivity index (χ1) is 7.46. The number of hydrogen-bond acceptors (Lipinski definition) is 4. The fraction of sp³-hybridized carbons (Fsp3) is 0.600. The molecule has 0 spiro atoms. The number of Topliss-reactive ketones (excluding diaryl/α,β-unsaturated/α-hetero) is 1. The van der Waals surface area contributed by atoms with Crippen LogP contribution in [0.5, 0.6) is 0 Å². The van der Waals surface area contributed by atoms with Gasteiger partial charge in [0.15, 0.2) is 15.6 Å². The van der Waals surface area contributed by atoms with Gasteiger partial charge in [-0.1, -0.05) is 0 Å². The van der Waals surface area contributed by atoms with Gasteiger partial charge in [0.05, 0.1) is 11.5 Å². The lowest BCUT2D eigenvalue weighted by molar-refractivity contribution is 0.0960. The predicted octanol–water partition coefficient (Wildman–Crippen LogP) is 0.428. The van der Waals surface area contributed by atoms with Crippen LogP contribution in [0.15, 0.2) is 12.3 Å². The molecular weight excluding hydrogens is 228 g/mol. The average molecular weight is 242 g/mol. The van der Waals surface area contributed by atoms with Gasteiger partial charge < -0.3 is 0 Å². The molecule has 1 unspecified atom stereocenters. The summed E-state index contributed by atoms with van der Waals surface area (Å²) in [5, 5.41) is 4.01. The Balaban J connectivity index is 1.99. The van der Waals surface area contributed by atoms with E-state index < -0.39 is 9.84 Å². The van der Waals surface area contributed by atoms with E-state index in [1.54, 1.807) is 24.0 Å². The van der Waals surface area contributed by atoms with Crippen LogP contribution in [-0.4, -0.2) is 35.5 Å². The van der Waals surface area contributed by atoms with Gasteiger partial charge in [0, 0.05) is 19.7 Å². The Morgan fingerprint density at radius 2 is 2.38 bits per heavy atom. The molecule has 0 amide bonds. The van der Waals surface area contributed by atoms with Crippen LogP contribution in [0, 0.1) is 5.92 Å². The molecule has 1 aliphatic rings. The first kappa shape index (κ1) is 11.3. The molecule has 1 fully saturated rings. The van der Waals surface area contributed by atoms with E-state index in [9.17, 15) is 13.2 Å². The Morgan fingerprint density at radius 1 is 1.62 bits per heavy atom. The Bertz CT molecular complexity index is 504. The third kappa shape index (κ3) is 2.49. The molecule has 88 valence electrons. The maximum atomic E-state index is 11.8. The lowest BCUT2D eigenvalue weighted by Crippen LogP contribution is -2.11. The molecule has 16 heavy (non-hydrogen) atoms. The van der Waals surface area contributed by atoms with Crippen molar-refractivity contribution in [3.8, 4) is 0 Å². The van der Waals surface area contributed by atoms with Crippen molar-refractivity contribution in [2.45, 2.75) is 12.8 Å². The summed E-state index contributed by atoms with van der Waals surface area (Å²) in [6, 6.07) is 1.66. The summed E-state index contributed by atoms with van der Waals surface area (Å²) < 4.78 is 24.0. The molecule has 6 heteroatoms. The second-order valence-corrected chi connectivity index (χ2v) is 6.50.